The van der Waals surface area contributed by atoms with Gasteiger partial charge in [-0.1, -0.05) is 18.2 Å². The number of rotatable bonds is 7. The highest BCUT2D eigenvalue weighted by Crippen LogP contribution is 2.13. The van der Waals surface area contributed by atoms with E-state index in [2.05, 4.69) is 5.32 Å². The molecule has 1 aromatic carbocycles. The third-order valence-electron chi connectivity index (χ3n) is 3.04. The van der Waals surface area contributed by atoms with Crippen molar-refractivity contribution in [1.82, 2.24) is 5.32 Å². The predicted octanol–water partition coefficient (Wildman–Crippen LogP) is 2.50. The molecule has 1 N–H and O–H groups in total. The number of ether oxygens (including phenoxy) is 2. The van der Waals surface area contributed by atoms with Crippen molar-refractivity contribution in [3.05, 3.63) is 30.3 Å². The maximum Gasteiger partial charge on any atom is 0.407 e. The lowest BCUT2D eigenvalue weighted by Crippen LogP contribution is -2.35. The van der Waals surface area contributed by atoms with Crippen LogP contribution in [0.2, 0.25) is 0 Å². The number of likely N-dealkylation sites (N-methyl/N-ethyl adjacent to an activating group) is 1. The lowest BCUT2D eigenvalue weighted by atomic mass is 10.2. The van der Waals surface area contributed by atoms with E-state index in [0.29, 0.717) is 6.54 Å². The van der Waals surface area contributed by atoms with Crippen LogP contribution >= 0.6 is 0 Å². The highest BCUT2D eigenvalue weighted by atomic mass is 16.6. The van der Waals surface area contributed by atoms with E-state index < -0.39 is 17.7 Å². The first-order chi connectivity index (χ1) is 11.7. The van der Waals surface area contributed by atoms with E-state index in [-0.39, 0.29) is 25.5 Å². The van der Waals surface area contributed by atoms with E-state index in [4.69, 9.17) is 9.47 Å². The molecule has 7 heteroatoms. The lowest BCUT2D eigenvalue weighted by molar-refractivity contribution is -0.147. The highest BCUT2D eigenvalue weighted by molar-refractivity contribution is 5.95. The first kappa shape index (κ1) is 20.5. The van der Waals surface area contributed by atoms with Gasteiger partial charge in [0.2, 0.25) is 0 Å². The largest absolute Gasteiger partial charge is 0.455 e. The van der Waals surface area contributed by atoms with Crippen LogP contribution in [0.5, 0.6) is 0 Å². The van der Waals surface area contributed by atoms with E-state index >= 15 is 0 Å². The minimum Gasteiger partial charge on any atom is -0.455 e. The van der Waals surface area contributed by atoms with Crippen LogP contribution in [-0.2, 0) is 19.1 Å². The molecule has 0 saturated heterocycles. The fourth-order valence-electron chi connectivity index (χ4n) is 1.98. The second kappa shape index (κ2) is 9.66. The van der Waals surface area contributed by atoms with Gasteiger partial charge in [-0.2, -0.15) is 0 Å². The molecular formula is C18H26N2O5. The van der Waals surface area contributed by atoms with Crippen molar-refractivity contribution in [2.45, 2.75) is 39.7 Å². The van der Waals surface area contributed by atoms with Gasteiger partial charge in [0.05, 0.1) is 6.42 Å². The standard InChI is InChI=1S/C18H26N2O5/c1-5-20(14-9-7-6-8-10-14)15(21)13-24-16(22)11-12-19-17(23)25-18(2,3)4/h6-10H,5,11-13H2,1-4H3,(H,19,23). The zero-order chi connectivity index (χ0) is 18.9. The van der Waals surface area contributed by atoms with Crippen LogP contribution in [0.25, 0.3) is 0 Å². The SMILES string of the molecule is CCN(C(=O)COC(=O)CCNC(=O)OC(C)(C)C)c1ccccc1. The normalized spacial score (nSPS) is 10.7. The van der Waals surface area contributed by atoms with Crippen molar-refractivity contribution in [2.75, 3.05) is 24.6 Å². The van der Waals surface area contributed by atoms with Crippen molar-refractivity contribution in [2.24, 2.45) is 0 Å². The fourth-order valence-corrected chi connectivity index (χ4v) is 1.98. The third kappa shape index (κ3) is 8.19. The van der Waals surface area contributed by atoms with Gasteiger partial charge in [0.25, 0.3) is 5.91 Å². The van der Waals surface area contributed by atoms with Crippen LogP contribution in [0.1, 0.15) is 34.1 Å². The Labute approximate surface area is 148 Å². The molecule has 138 valence electrons. The number of nitrogens with one attached hydrogen (secondary N) is 1. The van der Waals surface area contributed by atoms with Crippen molar-refractivity contribution in [3.8, 4) is 0 Å². The summed E-state index contributed by atoms with van der Waals surface area (Å²) in [5.74, 6) is -0.865. The number of anilines is 1. The molecule has 1 rings (SSSR count). The second-order valence-electron chi connectivity index (χ2n) is 6.31. The summed E-state index contributed by atoms with van der Waals surface area (Å²) in [5, 5.41) is 2.46. The molecule has 0 heterocycles. The molecule has 0 atom stereocenters. The van der Waals surface area contributed by atoms with Crippen LogP contribution in [0.4, 0.5) is 10.5 Å². The number of para-hydroxylation sites is 1. The van der Waals surface area contributed by atoms with Gasteiger partial charge in [-0.25, -0.2) is 4.79 Å². The zero-order valence-electron chi connectivity index (χ0n) is 15.2. The molecule has 0 fully saturated rings. The van der Waals surface area contributed by atoms with Crippen LogP contribution in [0.3, 0.4) is 0 Å². The highest BCUT2D eigenvalue weighted by Gasteiger charge is 2.17. The number of hydrogen-bond acceptors (Lipinski definition) is 5. The molecular weight excluding hydrogens is 324 g/mol. The number of amides is 2. The zero-order valence-corrected chi connectivity index (χ0v) is 15.2. The molecule has 1 aromatic rings. The molecule has 0 bridgehead atoms. The summed E-state index contributed by atoms with van der Waals surface area (Å²) in [6.07, 6.45) is -0.637. The summed E-state index contributed by atoms with van der Waals surface area (Å²) in [6.45, 7) is 7.31. The molecule has 7 nitrogen and oxygen atoms in total. The maximum absolute atomic E-state index is 12.2. The average molecular weight is 350 g/mol. The van der Waals surface area contributed by atoms with E-state index in [1.54, 1.807) is 20.8 Å². The van der Waals surface area contributed by atoms with Gasteiger partial charge in [-0.15, -0.1) is 0 Å². The Morgan fingerprint density at radius 3 is 2.32 bits per heavy atom. The Hall–Kier alpha value is -2.57. The van der Waals surface area contributed by atoms with Gasteiger partial charge in [0.1, 0.15) is 5.60 Å². The van der Waals surface area contributed by atoms with Crippen LogP contribution < -0.4 is 10.2 Å². The van der Waals surface area contributed by atoms with E-state index in [1.165, 1.54) is 4.90 Å². The number of hydrogen-bond donors (Lipinski definition) is 1. The molecule has 0 spiro atoms. The first-order valence-corrected chi connectivity index (χ1v) is 8.21. The van der Waals surface area contributed by atoms with E-state index in [0.717, 1.165) is 5.69 Å². The molecule has 25 heavy (non-hydrogen) atoms. The molecule has 0 aliphatic carbocycles. The first-order valence-electron chi connectivity index (χ1n) is 8.21. The summed E-state index contributed by atoms with van der Waals surface area (Å²) >= 11 is 0. The average Bonchev–Trinajstić information content (AvgIpc) is 2.53. The number of benzene rings is 1. The lowest BCUT2D eigenvalue weighted by Gasteiger charge is -2.21. The molecule has 2 amide bonds. The quantitative estimate of drug-likeness (QED) is 0.764. The molecule has 0 aliphatic heterocycles. The van der Waals surface area contributed by atoms with Crippen molar-refractivity contribution in [3.63, 3.8) is 0 Å². The molecule has 0 aliphatic rings. The molecule has 0 radical (unpaired) electrons. The third-order valence-corrected chi connectivity index (χ3v) is 3.04. The van der Waals surface area contributed by atoms with E-state index in [9.17, 15) is 14.4 Å². The summed E-state index contributed by atoms with van der Waals surface area (Å²) in [4.78, 5) is 36.8. The molecule has 0 unspecified atom stereocenters. The van der Waals surface area contributed by atoms with Gasteiger partial charge >= 0.3 is 12.1 Å². The fraction of sp³-hybridized carbons (Fsp3) is 0.500. The summed E-state index contributed by atoms with van der Waals surface area (Å²) in [7, 11) is 0. The summed E-state index contributed by atoms with van der Waals surface area (Å²) in [6, 6.07) is 9.15. The maximum atomic E-state index is 12.2. The van der Waals surface area contributed by atoms with Gasteiger partial charge < -0.3 is 19.7 Å². The number of carbonyl (C=O) groups is 3. The Morgan fingerprint density at radius 2 is 1.76 bits per heavy atom. The van der Waals surface area contributed by atoms with Gasteiger partial charge in [0.15, 0.2) is 6.61 Å². The number of carbonyl (C=O) groups excluding carboxylic acids is 3. The topological polar surface area (TPSA) is 84.9 Å². The van der Waals surface area contributed by atoms with Gasteiger partial charge in [0, 0.05) is 18.8 Å². The predicted molar refractivity (Wildman–Crippen MR) is 94.3 cm³/mol. The van der Waals surface area contributed by atoms with Crippen molar-refractivity contribution < 1.29 is 23.9 Å². The van der Waals surface area contributed by atoms with E-state index in [1.807, 2.05) is 37.3 Å². The number of esters is 1. The van der Waals surface area contributed by atoms with Gasteiger partial charge in [-0.3, -0.25) is 9.59 Å². The number of nitrogens with zero attached hydrogens (tertiary/aromatic N) is 1. The van der Waals surface area contributed by atoms with Crippen molar-refractivity contribution in [1.29, 1.82) is 0 Å². The Balaban J connectivity index is 2.33. The minimum absolute atomic E-state index is 0.0377. The molecule has 0 aromatic heterocycles. The summed E-state index contributed by atoms with van der Waals surface area (Å²) < 4.78 is 10.0. The Morgan fingerprint density at radius 1 is 1.12 bits per heavy atom. The Kier molecular flexibility index (Phi) is 7.91. The smallest absolute Gasteiger partial charge is 0.407 e. The van der Waals surface area contributed by atoms with Crippen molar-refractivity contribution >= 4 is 23.7 Å². The van der Waals surface area contributed by atoms with Gasteiger partial charge in [-0.05, 0) is 39.8 Å². The van der Waals surface area contributed by atoms with Crippen LogP contribution in [0, 0.1) is 0 Å². The molecule has 0 saturated carbocycles. The second-order valence-corrected chi connectivity index (χ2v) is 6.31. The number of alkyl carbamates (subject to hydrolysis) is 1. The van der Waals surface area contributed by atoms with Crippen LogP contribution in [0.15, 0.2) is 30.3 Å². The van der Waals surface area contributed by atoms with Crippen LogP contribution in [-0.4, -0.2) is 43.3 Å². The Bertz CT molecular complexity index is 581. The summed E-state index contributed by atoms with van der Waals surface area (Å²) in [5.41, 5.74) is 0.149. The minimum atomic E-state index is -0.599. The monoisotopic (exact) mass is 350 g/mol.